The van der Waals surface area contributed by atoms with Crippen LogP contribution < -0.4 is 4.90 Å². The van der Waals surface area contributed by atoms with Crippen molar-refractivity contribution in [3.63, 3.8) is 0 Å². The van der Waals surface area contributed by atoms with Gasteiger partial charge in [0.15, 0.2) is 5.13 Å². The van der Waals surface area contributed by atoms with Crippen LogP contribution in [0.1, 0.15) is 23.8 Å². The van der Waals surface area contributed by atoms with Crippen molar-refractivity contribution in [2.24, 2.45) is 0 Å². The maximum atomic E-state index is 13.2. The van der Waals surface area contributed by atoms with Crippen molar-refractivity contribution in [3.05, 3.63) is 40.6 Å². The van der Waals surface area contributed by atoms with Crippen LogP contribution in [0.15, 0.2) is 34.9 Å². The molecule has 6 nitrogen and oxygen atoms in total. The predicted molar refractivity (Wildman–Crippen MR) is 117 cm³/mol. The van der Waals surface area contributed by atoms with E-state index in [1.807, 2.05) is 39.2 Å². The first-order valence-corrected chi connectivity index (χ1v) is 10.1. The van der Waals surface area contributed by atoms with Crippen molar-refractivity contribution in [1.82, 2.24) is 19.7 Å². The van der Waals surface area contributed by atoms with Gasteiger partial charge in [0, 0.05) is 23.8 Å². The van der Waals surface area contributed by atoms with Crippen molar-refractivity contribution in [3.8, 4) is 0 Å². The number of anilines is 1. The Kier molecular flexibility index (Phi) is 7.79. The molecular weight excluding hydrogens is 450 g/mol. The first kappa shape index (κ1) is 21.8. The SMILES string of the molecule is CCn1nccc1C(=O)N(CCCN(C)C)c1nc2ccc(Br)cc2s1.Cl. The third-order valence-electron chi connectivity index (χ3n) is 4.04. The summed E-state index contributed by atoms with van der Waals surface area (Å²) in [5, 5.41) is 4.96. The van der Waals surface area contributed by atoms with Crippen molar-refractivity contribution in [1.29, 1.82) is 0 Å². The highest BCUT2D eigenvalue weighted by atomic mass is 79.9. The molecule has 0 unspecified atom stereocenters. The van der Waals surface area contributed by atoms with Crippen LogP contribution in [0.3, 0.4) is 0 Å². The minimum atomic E-state index is -0.0544. The number of carbonyl (C=O) groups is 1. The van der Waals surface area contributed by atoms with Crippen molar-refractivity contribution in [2.45, 2.75) is 19.9 Å². The van der Waals surface area contributed by atoms with Gasteiger partial charge in [-0.1, -0.05) is 27.3 Å². The fourth-order valence-electron chi connectivity index (χ4n) is 2.74. The number of halogens is 2. The van der Waals surface area contributed by atoms with Crippen LogP contribution in [0.4, 0.5) is 5.13 Å². The number of aryl methyl sites for hydroxylation is 1. The topological polar surface area (TPSA) is 54.3 Å². The standard InChI is InChI=1S/C18H22BrN5OS.ClH/c1-4-24-15(8-9-20-24)17(25)23(11-5-10-22(2)3)18-21-14-7-6-13(19)12-16(14)26-18;/h6-9,12H,4-5,10-11H2,1-3H3;1H. The lowest BCUT2D eigenvalue weighted by molar-refractivity contribution is 0.0975. The number of hydrogen-bond donors (Lipinski definition) is 0. The van der Waals surface area contributed by atoms with Gasteiger partial charge in [0.25, 0.3) is 5.91 Å². The molecule has 0 N–H and O–H groups in total. The molecule has 9 heteroatoms. The first-order valence-electron chi connectivity index (χ1n) is 8.54. The predicted octanol–water partition coefficient (Wildman–Crippen LogP) is 4.30. The van der Waals surface area contributed by atoms with Gasteiger partial charge in [-0.15, -0.1) is 12.4 Å². The number of thiazole rings is 1. The molecule has 0 fully saturated rings. The molecule has 2 aromatic heterocycles. The fourth-order valence-corrected chi connectivity index (χ4v) is 4.28. The van der Waals surface area contributed by atoms with Gasteiger partial charge in [-0.2, -0.15) is 5.10 Å². The highest BCUT2D eigenvalue weighted by Crippen LogP contribution is 2.31. The Morgan fingerprint density at radius 1 is 1.26 bits per heavy atom. The molecule has 2 heterocycles. The van der Waals surface area contributed by atoms with Crippen LogP contribution in [0.5, 0.6) is 0 Å². The summed E-state index contributed by atoms with van der Waals surface area (Å²) in [6, 6.07) is 7.75. The van der Waals surface area contributed by atoms with E-state index in [4.69, 9.17) is 4.98 Å². The summed E-state index contributed by atoms with van der Waals surface area (Å²) in [5.41, 5.74) is 1.50. The molecule has 1 amide bonds. The second-order valence-electron chi connectivity index (χ2n) is 6.25. The molecule has 146 valence electrons. The average molecular weight is 473 g/mol. The highest BCUT2D eigenvalue weighted by Gasteiger charge is 2.23. The molecule has 0 aliphatic heterocycles. The van der Waals surface area contributed by atoms with Crippen LogP contribution in [0, 0.1) is 0 Å². The van der Waals surface area contributed by atoms with E-state index in [0.29, 0.717) is 18.8 Å². The summed E-state index contributed by atoms with van der Waals surface area (Å²) in [7, 11) is 4.07. The first-order chi connectivity index (χ1) is 12.5. The largest absolute Gasteiger partial charge is 0.309 e. The van der Waals surface area contributed by atoms with Crippen LogP contribution in [0.25, 0.3) is 10.2 Å². The molecule has 3 rings (SSSR count). The summed E-state index contributed by atoms with van der Waals surface area (Å²) in [4.78, 5) is 21.8. The number of nitrogens with zero attached hydrogens (tertiary/aromatic N) is 5. The van der Waals surface area contributed by atoms with Gasteiger partial charge in [0.1, 0.15) is 5.69 Å². The Morgan fingerprint density at radius 3 is 2.74 bits per heavy atom. The summed E-state index contributed by atoms with van der Waals surface area (Å²) >= 11 is 5.04. The molecular formula is C18H23BrClN5OS. The van der Waals surface area contributed by atoms with Crippen LogP contribution in [-0.4, -0.2) is 52.8 Å². The van der Waals surface area contributed by atoms with Crippen molar-refractivity contribution < 1.29 is 4.79 Å². The Labute approximate surface area is 177 Å². The molecule has 1 aromatic carbocycles. The van der Waals surface area contributed by atoms with Gasteiger partial charge < -0.3 is 4.90 Å². The smallest absolute Gasteiger partial charge is 0.278 e. The Hall–Kier alpha value is -1.48. The molecule has 0 saturated heterocycles. The van der Waals surface area contributed by atoms with Gasteiger partial charge in [0.05, 0.1) is 10.2 Å². The quantitative estimate of drug-likeness (QED) is 0.514. The molecule has 27 heavy (non-hydrogen) atoms. The second kappa shape index (κ2) is 9.64. The third kappa shape index (κ3) is 5.07. The van der Waals surface area contributed by atoms with Gasteiger partial charge >= 0.3 is 0 Å². The van der Waals surface area contributed by atoms with Crippen molar-refractivity contribution in [2.75, 3.05) is 32.1 Å². The molecule has 0 aliphatic carbocycles. The molecule has 0 radical (unpaired) electrons. The summed E-state index contributed by atoms with van der Waals surface area (Å²) in [6.07, 6.45) is 2.54. The van der Waals surface area contributed by atoms with E-state index < -0.39 is 0 Å². The van der Waals surface area contributed by atoms with Gasteiger partial charge in [-0.05, 0) is 58.3 Å². The third-order valence-corrected chi connectivity index (χ3v) is 5.57. The van der Waals surface area contributed by atoms with Gasteiger partial charge in [-0.25, -0.2) is 4.98 Å². The molecule has 0 bridgehead atoms. The lowest BCUT2D eigenvalue weighted by Crippen LogP contribution is -2.34. The molecule has 3 aromatic rings. The number of carbonyl (C=O) groups excluding carboxylic acids is 1. The second-order valence-corrected chi connectivity index (χ2v) is 8.18. The van der Waals surface area contributed by atoms with Crippen LogP contribution in [0.2, 0.25) is 0 Å². The van der Waals surface area contributed by atoms with E-state index in [9.17, 15) is 4.79 Å². The maximum absolute atomic E-state index is 13.2. The normalized spacial score (nSPS) is 11.0. The zero-order valence-electron chi connectivity index (χ0n) is 15.6. The lowest BCUT2D eigenvalue weighted by Gasteiger charge is -2.21. The van der Waals surface area contributed by atoms with E-state index in [0.717, 1.165) is 32.8 Å². The van der Waals surface area contributed by atoms with E-state index in [2.05, 4.69) is 25.9 Å². The van der Waals surface area contributed by atoms with Crippen LogP contribution >= 0.6 is 39.7 Å². The van der Waals surface area contributed by atoms with E-state index in [1.165, 1.54) is 11.3 Å². The minimum Gasteiger partial charge on any atom is -0.309 e. The summed E-state index contributed by atoms with van der Waals surface area (Å²) in [6.45, 7) is 4.17. The molecule has 0 aliphatic rings. The zero-order chi connectivity index (χ0) is 18.7. The lowest BCUT2D eigenvalue weighted by atomic mass is 10.3. The number of amides is 1. The van der Waals surface area contributed by atoms with Gasteiger partial charge in [0.2, 0.25) is 0 Å². The van der Waals surface area contributed by atoms with Gasteiger partial charge in [-0.3, -0.25) is 14.4 Å². The number of benzene rings is 1. The van der Waals surface area contributed by atoms with E-state index >= 15 is 0 Å². The van der Waals surface area contributed by atoms with Crippen LogP contribution in [-0.2, 0) is 6.54 Å². The summed E-state index contributed by atoms with van der Waals surface area (Å²) in [5.74, 6) is -0.0544. The number of rotatable bonds is 7. The molecule has 0 saturated carbocycles. The van der Waals surface area contributed by atoms with E-state index in [1.54, 1.807) is 21.8 Å². The molecule has 0 atom stereocenters. The highest BCUT2D eigenvalue weighted by molar-refractivity contribution is 9.10. The monoisotopic (exact) mass is 471 g/mol. The number of fused-ring (bicyclic) bond motifs is 1. The zero-order valence-corrected chi connectivity index (χ0v) is 18.8. The molecule has 0 spiro atoms. The van der Waals surface area contributed by atoms with E-state index in [-0.39, 0.29) is 18.3 Å². The number of aromatic nitrogens is 3. The average Bonchev–Trinajstić information content (AvgIpc) is 3.23. The number of hydrogen-bond acceptors (Lipinski definition) is 5. The minimum absolute atomic E-state index is 0. The maximum Gasteiger partial charge on any atom is 0.278 e. The Bertz CT molecular complexity index is 910. The fraction of sp³-hybridized carbons (Fsp3) is 0.389. The Morgan fingerprint density at radius 2 is 2.04 bits per heavy atom. The Balaban J connectivity index is 0.00000261. The summed E-state index contributed by atoms with van der Waals surface area (Å²) < 4.78 is 3.80. The van der Waals surface area contributed by atoms with Crippen molar-refractivity contribution >= 4 is 60.9 Å².